The van der Waals surface area contributed by atoms with Crippen LogP contribution in [0.25, 0.3) is 11.4 Å². The fourth-order valence-electron chi connectivity index (χ4n) is 3.20. The van der Waals surface area contributed by atoms with E-state index < -0.39 is 11.7 Å². The van der Waals surface area contributed by atoms with Crippen LogP contribution in [0.15, 0.2) is 12.4 Å². The van der Waals surface area contributed by atoms with Gasteiger partial charge in [0.2, 0.25) is 17.8 Å². The fraction of sp³-hybridized carbons (Fsp3) is 0.600. The molecule has 2 fully saturated rings. The minimum Gasteiger partial charge on any atom is -0.444 e. The zero-order valence-corrected chi connectivity index (χ0v) is 18.6. The van der Waals surface area contributed by atoms with E-state index in [0.717, 1.165) is 0 Å². The van der Waals surface area contributed by atoms with E-state index in [1.807, 2.05) is 0 Å². The molecule has 0 bridgehead atoms. The maximum Gasteiger partial charge on any atom is 0.414 e. The van der Waals surface area contributed by atoms with E-state index in [-0.39, 0.29) is 5.95 Å². The number of ether oxygens (including phenoxy) is 3. The highest BCUT2D eigenvalue weighted by atomic mass is 16.6. The van der Waals surface area contributed by atoms with Crippen LogP contribution in [0.2, 0.25) is 0 Å². The number of carbonyl (C=O) groups excluding carboxylic acids is 1. The summed E-state index contributed by atoms with van der Waals surface area (Å²) >= 11 is 0. The Hall–Kier alpha value is -3.12. The molecule has 2 aliphatic rings. The topological polar surface area (TPSA) is 128 Å². The molecule has 4 rings (SSSR count). The Morgan fingerprint density at radius 3 is 1.88 bits per heavy atom. The molecule has 12 nitrogen and oxygen atoms in total. The molecule has 0 atom stereocenters. The first-order valence-electron chi connectivity index (χ1n) is 10.6. The van der Waals surface area contributed by atoms with Gasteiger partial charge in [-0.25, -0.2) is 14.8 Å². The Morgan fingerprint density at radius 1 is 0.906 bits per heavy atom. The second-order valence-corrected chi connectivity index (χ2v) is 8.38. The molecule has 0 aliphatic carbocycles. The van der Waals surface area contributed by atoms with Gasteiger partial charge in [0.1, 0.15) is 5.60 Å². The summed E-state index contributed by atoms with van der Waals surface area (Å²) in [5.74, 6) is 1.79. The van der Waals surface area contributed by atoms with E-state index in [2.05, 4.69) is 35.1 Å². The molecule has 32 heavy (non-hydrogen) atoms. The minimum atomic E-state index is -0.616. The van der Waals surface area contributed by atoms with Crippen molar-refractivity contribution in [1.82, 2.24) is 24.9 Å². The molecule has 4 heterocycles. The van der Waals surface area contributed by atoms with Gasteiger partial charge in [-0.05, 0) is 20.8 Å². The molecule has 172 valence electrons. The van der Waals surface area contributed by atoms with Gasteiger partial charge in [0.05, 0.1) is 32.0 Å². The fourth-order valence-corrected chi connectivity index (χ4v) is 3.20. The average Bonchev–Trinajstić information content (AvgIpc) is 2.79. The number of hydrogen-bond acceptors (Lipinski definition) is 11. The second kappa shape index (κ2) is 9.57. The SMILES string of the molecule is CC(C)(C)OC(=O)Nc1ncc(-c2nc(N3CCOCC3)nc(N3CCOCC3)n2)cn1. The molecule has 0 aromatic carbocycles. The van der Waals surface area contributed by atoms with Crippen LogP contribution in [0.3, 0.4) is 0 Å². The number of aromatic nitrogens is 5. The number of rotatable bonds is 4. The van der Waals surface area contributed by atoms with Crippen molar-refractivity contribution in [3.05, 3.63) is 12.4 Å². The van der Waals surface area contributed by atoms with Crippen LogP contribution in [-0.4, -0.2) is 89.2 Å². The van der Waals surface area contributed by atoms with Gasteiger partial charge in [-0.1, -0.05) is 0 Å². The molecule has 0 saturated carbocycles. The lowest BCUT2D eigenvalue weighted by Gasteiger charge is -2.30. The molecule has 0 radical (unpaired) electrons. The highest BCUT2D eigenvalue weighted by Crippen LogP contribution is 2.22. The lowest BCUT2D eigenvalue weighted by atomic mass is 10.2. The maximum atomic E-state index is 11.9. The summed E-state index contributed by atoms with van der Waals surface area (Å²) in [5, 5.41) is 2.52. The highest BCUT2D eigenvalue weighted by Gasteiger charge is 2.22. The number of anilines is 3. The number of nitrogens with one attached hydrogen (secondary N) is 1. The molecule has 2 aromatic heterocycles. The highest BCUT2D eigenvalue weighted by molar-refractivity contribution is 5.82. The molecule has 1 amide bonds. The third-order valence-electron chi connectivity index (χ3n) is 4.72. The standard InChI is InChI=1S/C20H28N8O4/c1-20(2,3)32-19(29)25-16-21-12-14(13-22-16)15-23-17(27-4-8-30-9-5-27)26-18(24-15)28-6-10-31-11-7-28/h12-13H,4-11H2,1-3H3,(H,21,22,25,29). The van der Waals surface area contributed by atoms with Crippen molar-refractivity contribution in [1.29, 1.82) is 0 Å². The van der Waals surface area contributed by atoms with Crippen LogP contribution in [0.1, 0.15) is 20.8 Å². The molecule has 0 unspecified atom stereocenters. The van der Waals surface area contributed by atoms with Crippen LogP contribution in [0, 0.1) is 0 Å². The molecular weight excluding hydrogens is 416 g/mol. The molecule has 1 N–H and O–H groups in total. The number of carbonyl (C=O) groups is 1. The van der Waals surface area contributed by atoms with Crippen molar-refractivity contribution in [2.24, 2.45) is 0 Å². The first kappa shape index (κ1) is 22.1. The monoisotopic (exact) mass is 444 g/mol. The summed E-state index contributed by atoms with van der Waals surface area (Å²) in [5.41, 5.74) is 0.00639. The second-order valence-electron chi connectivity index (χ2n) is 8.38. The summed E-state index contributed by atoms with van der Waals surface area (Å²) in [4.78, 5) is 38.6. The summed E-state index contributed by atoms with van der Waals surface area (Å²) in [6.45, 7) is 10.7. The van der Waals surface area contributed by atoms with Gasteiger partial charge in [-0.2, -0.15) is 15.0 Å². The summed E-state index contributed by atoms with van der Waals surface area (Å²) < 4.78 is 16.1. The van der Waals surface area contributed by atoms with Gasteiger partial charge in [0.15, 0.2) is 5.82 Å². The lowest BCUT2D eigenvalue weighted by molar-refractivity contribution is 0.0634. The Bertz CT molecular complexity index is 886. The van der Waals surface area contributed by atoms with E-state index in [9.17, 15) is 4.79 Å². The van der Waals surface area contributed by atoms with Crippen molar-refractivity contribution in [2.75, 3.05) is 67.7 Å². The van der Waals surface area contributed by atoms with Gasteiger partial charge < -0.3 is 24.0 Å². The normalized spacial score (nSPS) is 17.2. The zero-order valence-electron chi connectivity index (χ0n) is 18.6. The van der Waals surface area contributed by atoms with Crippen LogP contribution in [-0.2, 0) is 14.2 Å². The van der Waals surface area contributed by atoms with Gasteiger partial charge in [-0.3, -0.25) is 5.32 Å². The molecule has 0 spiro atoms. The van der Waals surface area contributed by atoms with E-state index in [4.69, 9.17) is 19.2 Å². The largest absolute Gasteiger partial charge is 0.444 e. The lowest BCUT2D eigenvalue weighted by Crippen LogP contribution is -2.40. The smallest absolute Gasteiger partial charge is 0.414 e. The summed E-state index contributed by atoms with van der Waals surface area (Å²) in [6, 6.07) is 0. The van der Waals surface area contributed by atoms with Crippen LogP contribution < -0.4 is 15.1 Å². The number of nitrogens with zero attached hydrogens (tertiary/aromatic N) is 7. The summed E-state index contributed by atoms with van der Waals surface area (Å²) in [7, 11) is 0. The van der Waals surface area contributed by atoms with Crippen molar-refractivity contribution >= 4 is 23.9 Å². The van der Waals surface area contributed by atoms with Crippen LogP contribution >= 0.6 is 0 Å². The third-order valence-corrected chi connectivity index (χ3v) is 4.72. The van der Waals surface area contributed by atoms with Crippen molar-refractivity contribution < 1.29 is 19.0 Å². The molecule has 2 aliphatic heterocycles. The van der Waals surface area contributed by atoms with E-state index in [1.165, 1.54) is 0 Å². The predicted molar refractivity (Wildman–Crippen MR) is 117 cm³/mol. The minimum absolute atomic E-state index is 0.138. The molecular formula is C20H28N8O4. The van der Waals surface area contributed by atoms with Gasteiger partial charge >= 0.3 is 6.09 Å². The van der Waals surface area contributed by atoms with Gasteiger partial charge in [0, 0.05) is 38.6 Å². The van der Waals surface area contributed by atoms with Crippen molar-refractivity contribution in [2.45, 2.75) is 26.4 Å². The zero-order chi connectivity index (χ0) is 22.6. The van der Waals surface area contributed by atoms with Gasteiger partial charge in [-0.15, -0.1) is 0 Å². The third kappa shape index (κ3) is 5.77. The van der Waals surface area contributed by atoms with Crippen LogP contribution in [0.5, 0.6) is 0 Å². The molecule has 2 aromatic rings. The number of hydrogen-bond donors (Lipinski definition) is 1. The summed E-state index contributed by atoms with van der Waals surface area (Å²) in [6.07, 6.45) is 2.53. The first-order valence-corrected chi connectivity index (χ1v) is 10.6. The average molecular weight is 444 g/mol. The van der Waals surface area contributed by atoms with E-state index in [0.29, 0.717) is 75.9 Å². The Balaban J connectivity index is 1.57. The first-order chi connectivity index (χ1) is 15.4. The Morgan fingerprint density at radius 2 is 1.41 bits per heavy atom. The number of amides is 1. The van der Waals surface area contributed by atoms with Crippen LogP contribution in [0.4, 0.5) is 22.6 Å². The molecule has 12 heteroatoms. The molecule has 2 saturated heterocycles. The Labute approximate surface area is 186 Å². The Kier molecular flexibility index (Phi) is 6.61. The van der Waals surface area contributed by atoms with Crippen molar-refractivity contribution in [3.8, 4) is 11.4 Å². The number of morpholine rings is 2. The predicted octanol–water partition coefficient (Wildman–Crippen LogP) is 1.35. The maximum absolute atomic E-state index is 11.9. The van der Waals surface area contributed by atoms with Gasteiger partial charge in [0.25, 0.3) is 0 Å². The van der Waals surface area contributed by atoms with E-state index in [1.54, 1.807) is 33.2 Å². The quantitative estimate of drug-likeness (QED) is 0.734. The van der Waals surface area contributed by atoms with Crippen molar-refractivity contribution in [3.63, 3.8) is 0 Å². The van der Waals surface area contributed by atoms with E-state index >= 15 is 0 Å².